The number of aryl methyl sites for hydroxylation is 2. The molecule has 0 spiro atoms. The number of carbonyl (C=O) groups excluding carboxylic acids is 1. The van der Waals surface area contributed by atoms with Gasteiger partial charge >= 0.3 is 0 Å². The van der Waals surface area contributed by atoms with E-state index in [1.165, 1.54) is 7.11 Å². The number of ether oxygens (including phenoxy) is 4. The number of aliphatic imine (C=N–C) groups is 1. The number of piperazine rings is 1. The van der Waals surface area contributed by atoms with E-state index in [4.69, 9.17) is 30.4 Å². The number of guanidine groups is 1. The Morgan fingerprint density at radius 2 is 1.77 bits per heavy atom. The van der Waals surface area contributed by atoms with E-state index in [-0.39, 0.29) is 73.3 Å². The van der Waals surface area contributed by atoms with Gasteiger partial charge in [-0.15, -0.1) is 0 Å². The molecule has 0 aliphatic carbocycles. The number of aromatic amines is 1. The van der Waals surface area contributed by atoms with E-state index in [1.807, 2.05) is 48.5 Å². The van der Waals surface area contributed by atoms with Crippen LogP contribution < -0.4 is 40.6 Å². The number of aromatic hydroxyl groups is 1. The van der Waals surface area contributed by atoms with Crippen molar-refractivity contribution in [1.82, 2.24) is 10.3 Å². The van der Waals surface area contributed by atoms with E-state index in [0.717, 1.165) is 77.4 Å². The predicted octanol–water partition coefficient (Wildman–Crippen LogP) is 7.76. The van der Waals surface area contributed by atoms with Crippen molar-refractivity contribution in [2.75, 3.05) is 51.5 Å². The first kappa shape index (κ1) is 48.8. The summed E-state index contributed by atoms with van der Waals surface area (Å²) in [5.74, 6) is 1.42. The number of phenolic OH excluding ortho intramolecular Hbond substituents is 1. The summed E-state index contributed by atoms with van der Waals surface area (Å²) >= 11 is 0. The lowest BCUT2D eigenvalue weighted by Gasteiger charge is -2.38. The number of methoxy groups -OCH3 is 1. The lowest BCUT2D eigenvalue weighted by atomic mass is 9.90. The van der Waals surface area contributed by atoms with Crippen LogP contribution in [0.3, 0.4) is 0 Å². The third-order valence-corrected chi connectivity index (χ3v) is 13.6. The van der Waals surface area contributed by atoms with Gasteiger partial charge in [-0.3, -0.25) is 4.79 Å². The number of fused-ring (bicyclic) bond motifs is 7. The molecule has 71 heavy (non-hydrogen) atoms. The number of hydrogen-bond acceptors (Lipinski definition) is 11. The maximum absolute atomic E-state index is 14.7. The molecular formula is C57H64N6O8. The number of nitrogens with zero attached hydrogens (tertiary/aromatic N) is 2. The molecule has 370 valence electrons. The van der Waals surface area contributed by atoms with Crippen molar-refractivity contribution in [2.45, 2.75) is 70.1 Å². The Kier molecular flexibility index (Phi) is 15.3. The normalized spacial score (nSPS) is 18.5. The zero-order valence-corrected chi connectivity index (χ0v) is 40.4. The maximum atomic E-state index is 14.7. The number of benzene rings is 5. The predicted molar refractivity (Wildman–Crippen MR) is 277 cm³/mol. The minimum Gasteiger partial charge on any atom is -0.508 e. The van der Waals surface area contributed by atoms with Crippen LogP contribution in [-0.2, 0) is 32.1 Å². The van der Waals surface area contributed by atoms with E-state index < -0.39 is 18.1 Å². The number of H-pyrrole nitrogens is 1. The molecule has 4 atom stereocenters. The molecule has 14 nitrogen and oxygen atoms in total. The van der Waals surface area contributed by atoms with Crippen LogP contribution in [0.2, 0.25) is 0 Å². The third-order valence-electron chi connectivity index (χ3n) is 13.6. The standard InChI is InChI=1S/C57H64N6O8/c1-3-42-30-47-40-11-7-10-36(26-40)14-21-46-52-51(49(67)31-50(71-52)39-16-19-44(65)20-17-39)54(69-25-22-45(66)18-13-35-8-5-4-6-9-35)55(68-2)53(46)70-34-38(33-64)27-41-15-12-37(29-48(41)62-57(58)59)28-43-32-60-23-24-63(43)56(47)61-42/h4-13,15-20,26,29-30,38,43,45,50,60-61,64-66H,3,14,21-25,27-28,31-34H2,1-2H3,(H4,58,59,62). The molecule has 0 saturated carbocycles. The highest BCUT2D eigenvalue weighted by molar-refractivity contribution is 6.04. The number of aliphatic hydroxyl groups is 2. The number of anilines is 1. The topological polar surface area (TPSA) is 210 Å². The summed E-state index contributed by atoms with van der Waals surface area (Å²) in [6.07, 6.45) is 5.09. The van der Waals surface area contributed by atoms with E-state index >= 15 is 0 Å². The Bertz CT molecular complexity index is 2880. The lowest BCUT2D eigenvalue weighted by molar-refractivity contribution is 0.0834. The Hall–Kier alpha value is -7.26. The number of nitrogens with two attached hydrogens (primary N) is 2. The fraction of sp³-hybridized carbons (Fsp3) is 0.333. The molecule has 5 aromatic carbocycles. The molecule has 6 aromatic rings. The average Bonchev–Trinajstić information content (AvgIpc) is 3.82. The number of ketones is 1. The largest absolute Gasteiger partial charge is 0.508 e. The van der Waals surface area contributed by atoms with Gasteiger partial charge in [-0.05, 0) is 89.8 Å². The summed E-state index contributed by atoms with van der Waals surface area (Å²) < 4.78 is 26.6. The van der Waals surface area contributed by atoms with Crippen molar-refractivity contribution < 1.29 is 39.1 Å². The maximum Gasteiger partial charge on any atom is 0.204 e. The van der Waals surface area contributed by atoms with Gasteiger partial charge in [0.1, 0.15) is 29.0 Å². The third kappa shape index (κ3) is 11.2. The number of hydrogen-bond donors (Lipinski definition) is 7. The van der Waals surface area contributed by atoms with Crippen molar-refractivity contribution in [3.8, 4) is 39.9 Å². The van der Waals surface area contributed by atoms with Crippen LogP contribution in [0.4, 0.5) is 11.5 Å². The first-order valence-electron chi connectivity index (χ1n) is 24.6. The summed E-state index contributed by atoms with van der Waals surface area (Å²) in [5, 5.41) is 35.9. The van der Waals surface area contributed by atoms with Crippen LogP contribution in [0, 0.1) is 5.92 Å². The van der Waals surface area contributed by atoms with Crippen LogP contribution >= 0.6 is 0 Å². The Morgan fingerprint density at radius 1 is 0.944 bits per heavy atom. The fourth-order valence-electron chi connectivity index (χ4n) is 9.94. The second-order valence-electron chi connectivity index (χ2n) is 18.6. The highest BCUT2D eigenvalue weighted by Crippen LogP contribution is 2.53. The quantitative estimate of drug-likeness (QED) is 0.0491. The molecule has 0 radical (unpaired) electrons. The van der Waals surface area contributed by atoms with E-state index in [0.29, 0.717) is 47.6 Å². The minimum atomic E-state index is -0.847. The molecular weight excluding hydrogens is 897 g/mol. The molecule has 5 heterocycles. The molecule has 1 saturated heterocycles. The van der Waals surface area contributed by atoms with E-state index in [1.54, 1.807) is 30.3 Å². The number of carbonyl (C=O) groups is 1. The van der Waals surface area contributed by atoms with Gasteiger partial charge in [-0.1, -0.05) is 97.9 Å². The fourth-order valence-corrected chi connectivity index (χ4v) is 9.94. The van der Waals surface area contributed by atoms with Crippen LogP contribution in [0.1, 0.15) is 75.3 Å². The van der Waals surface area contributed by atoms with Crippen LogP contribution in [0.25, 0.3) is 17.2 Å². The van der Waals surface area contributed by atoms with E-state index in [9.17, 15) is 20.1 Å². The van der Waals surface area contributed by atoms with Crippen molar-refractivity contribution >= 4 is 29.3 Å². The molecule has 10 rings (SSSR count). The molecule has 4 aliphatic rings. The molecule has 1 aromatic heterocycles. The smallest absolute Gasteiger partial charge is 0.204 e. The summed E-state index contributed by atoms with van der Waals surface area (Å²) in [6.45, 7) is 4.43. The molecule has 4 aliphatic heterocycles. The van der Waals surface area contributed by atoms with Crippen molar-refractivity contribution in [1.29, 1.82) is 0 Å². The second kappa shape index (κ2) is 22.2. The summed E-state index contributed by atoms with van der Waals surface area (Å²) in [5.41, 5.74) is 21.5. The Balaban J connectivity index is 1.17. The monoisotopic (exact) mass is 960 g/mol. The van der Waals surface area contributed by atoms with Gasteiger partial charge in [0.2, 0.25) is 5.75 Å². The van der Waals surface area contributed by atoms with Gasteiger partial charge in [0, 0.05) is 61.4 Å². The van der Waals surface area contributed by atoms with Crippen LogP contribution in [0.5, 0.6) is 28.7 Å². The molecule has 4 unspecified atom stereocenters. The first-order chi connectivity index (χ1) is 34.6. The molecule has 14 heteroatoms. The first-order valence-corrected chi connectivity index (χ1v) is 24.6. The van der Waals surface area contributed by atoms with E-state index in [2.05, 4.69) is 63.5 Å². The van der Waals surface area contributed by atoms with Gasteiger partial charge in [-0.2, -0.15) is 0 Å². The number of aliphatic hydroxyl groups excluding tert-OH is 2. The number of rotatable bonds is 11. The SMILES string of the molecule is CCc1cc2c([nH]1)N1CCNCC1Cc1ccc(c(N=C(N)N)c1)CC(CO)COc1c(c3c(c(OCCC(O)C=Cc4ccccc4)c1OC)C(=O)CC(c1ccc(O)cc1)O3)CCc1cccc-2c1. The number of aromatic nitrogens is 1. The van der Waals surface area contributed by atoms with Crippen LogP contribution in [0.15, 0.2) is 114 Å². The zero-order valence-electron chi connectivity index (χ0n) is 40.4. The minimum absolute atomic E-state index is 0.00237. The van der Waals surface area contributed by atoms with Gasteiger partial charge < -0.3 is 60.9 Å². The Labute approximate surface area is 414 Å². The number of phenols is 1. The Morgan fingerprint density at radius 3 is 2.55 bits per heavy atom. The molecule has 1 fully saturated rings. The highest BCUT2D eigenvalue weighted by Gasteiger charge is 2.38. The molecule has 4 bridgehead atoms. The zero-order chi connectivity index (χ0) is 49.4. The summed E-state index contributed by atoms with van der Waals surface area (Å²) in [4.78, 5) is 25.6. The lowest BCUT2D eigenvalue weighted by Crippen LogP contribution is -2.52. The van der Waals surface area contributed by atoms with Crippen LogP contribution in [-0.4, -0.2) is 90.8 Å². The molecule has 0 amide bonds. The summed E-state index contributed by atoms with van der Waals surface area (Å²) in [7, 11) is 1.51. The van der Waals surface area contributed by atoms with Crippen molar-refractivity contribution in [3.63, 3.8) is 0 Å². The van der Waals surface area contributed by atoms with Crippen molar-refractivity contribution in [3.05, 3.63) is 154 Å². The van der Waals surface area contributed by atoms with Gasteiger partial charge in [0.15, 0.2) is 23.2 Å². The number of nitrogens with one attached hydrogen (secondary N) is 2. The second-order valence-corrected chi connectivity index (χ2v) is 18.6. The molecule has 9 N–H and O–H groups in total. The number of Topliss-reactive ketones (excluding diaryl/α,β-unsaturated/α-hetero) is 1. The van der Waals surface area contributed by atoms with Crippen molar-refractivity contribution in [2.24, 2.45) is 22.4 Å². The van der Waals surface area contributed by atoms with Gasteiger partial charge in [0.25, 0.3) is 0 Å². The average molecular weight is 961 g/mol. The highest BCUT2D eigenvalue weighted by atomic mass is 16.5. The summed E-state index contributed by atoms with van der Waals surface area (Å²) in [6, 6.07) is 33.5. The van der Waals surface area contributed by atoms with Gasteiger partial charge in [0.05, 0.1) is 38.5 Å². The van der Waals surface area contributed by atoms with Gasteiger partial charge in [-0.25, -0.2) is 4.99 Å².